The maximum Gasteiger partial charge on any atom is 0.0245 e. The van der Waals surface area contributed by atoms with Crippen LogP contribution in [0.2, 0.25) is 0 Å². The van der Waals surface area contributed by atoms with Crippen LogP contribution in [0.1, 0.15) is 108 Å². The van der Waals surface area contributed by atoms with E-state index >= 15 is 0 Å². The first-order valence-electron chi connectivity index (χ1n) is 10.4. The summed E-state index contributed by atoms with van der Waals surface area (Å²) < 4.78 is 0. The lowest BCUT2D eigenvalue weighted by molar-refractivity contribution is 0.302. The number of unbranched alkanes of at least 4 members (excludes halogenated alkanes) is 5. The summed E-state index contributed by atoms with van der Waals surface area (Å²) in [6, 6.07) is 9.09. The van der Waals surface area contributed by atoms with Crippen molar-refractivity contribution >= 4 is 0 Å². The molecule has 24 heavy (non-hydrogen) atoms. The summed E-state index contributed by atoms with van der Waals surface area (Å²) in [6.07, 6.45) is 16.4. The fraction of sp³-hybridized carbons (Fsp3) is 0.667. The van der Waals surface area contributed by atoms with E-state index in [0.29, 0.717) is 0 Å². The molecule has 0 radical (unpaired) electrons. The molecule has 1 aromatic rings. The monoisotopic (exact) mass is 324 g/mol. The first kappa shape index (κ1) is 19.1. The minimum absolute atomic E-state index is 0.791. The highest BCUT2D eigenvalue weighted by Gasteiger charge is 2.21. The molecule has 1 aromatic carbocycles. The minimum atomic E-state index is 0.791. The van der Waals surface area contributed by atoms with E-state index in [4.69, 9.17) is 0 Å². The summed E-state index contributed by atoms with van der Waals surface area (Å²) in [5, 5.41) is 0. The number of hydrogen-bond donors (Lipinski definition) is 0. The molecule has 2 rings (SSSR count). The van der Waals surface area contributed by atoms with Crippen LogP contribution in [-0.4, -0.2) is 0 Å². The van der Waals surface area contributed by atoms with Crippen LogP contribution in [0.5, 0.6) is 0 Å². The number of rotatable bonds is 8. The van der Waals surface area contributed by atoms with Gasteiger partial charge >= 0.3 is 0 Å². The van der Waals surface area contributed by atoms with E-state index < -0.39 is 0 Å². The zero-order valence-electron chi connectivity index (χ0n) is 15.9. The van der Waals surface area contributed by atoms with Gasteiger partial charge in [0.2, 0.25) is 0 Å². The maximum atomic E-state index is 3.27. The molecule has 0 aliphatic heterocycles. The molecule has 0 bridgehead atoms. The zero-order valence-corrected chi connectivity index (χ0v) is 15.9. The van der Waals surface area contributed by atoms with Crippen molar-refractivity contribution in [2.24, 2.45) is 5.92 Å². The van der Waals surface area contributed by atoms with Crippen molar-refractivity contribution in [2.75, 3.05) is 0 Å². The van der Waals surface area contributed by atoms with Crippen LogP contribution < -0.4 is 0 Å². The Kier molecular flexibility index (Phi) is 9.04. The highest BCUT2D eigenvalue weighted by atomic mass is 14.3. The normalized spacial score (nSPS) is 20.4. The van der Waals surface area contributed by atoms with Crippen LogP contribution in [0, 0.1) is 17.8 Å². The van der Waals surface area contributed by atoms with Crippen molar-refractivity contribution in [3.8, 4) is 11.8 Å². The molecule has 1 aliphatic carbocycles. The average molecular weight is 325 g/mol. The summed E-state index contributed by atoms with van der Waals surface area (Å²) in [7, 11) is 0. The molecule has 0 heteroatoms. The Morgan fingerprint density at radius 3 is 2.21 bits per heavy atom. The third-order valence-corrected chi connectivity index (χ3v) is 5.55. The molecule has 132 valence electrons. The quantitative estimate of drug-likeness (QED) is 0.343. The molecular weight excluding hydrogens is 288 g/mol. The Morgan fingerprint density at radius 1 is 0.833 bits per heavy atom. The fourth-order valence-electron chi connectivity index (χ4n) is 3.95. The van der Waals surface area contributed by atoms with E-state index in [0.717, 1.165) is 24.7 Å². The maximum absolute atomic E-state index is 3.27. The van der Waals surface area contributed by atoms with Gasteiger partial charge in [-0.1, -0.05) is 76.3 Å². The Morgan fingerprint density at radius 2 is 1.54 bits per heavy atom. The Labute approximate surface area is 150 Å². The number of hydrogen-bond acceptors (Lipinski definition) is 0. The van der Waals surface area contributed by atoms with E-state index in [9.17, 15) is 0 Å². The molecule has 1 aliphatic rings. The average Bonchev–Trinajstić information content (AvgIpc) is 2.63. The lowest BCUT2D eigenvalue weighted by atomic mass is 9.77. The summed E-state index contributed by atoms with van der Waals surface area (Å²) in [5.74, 6) is 8.30. The van der Waals surface area contributed by atoms with Crippen molar-refractivity contribution in [1.29, 1.82) is 0 Å². The van der Waals surface area contributed by atoms with Crippen molar-refractivity contribution < 1.29 is 0 Å². The highest BCUT2D eigenvalue weighted by molar-refractivity contribution is 5.37. The first-order valence-corrected chi connectivity index (χ1v) is 10.4. The van der Waals surface area contributed by atoms with Crippen molar-refractivity contribution in [1.82, 2.24) is 0 Å². The molecule has 0 nitrogen and oxygen atoms in total. The van der Waals surface area contributed by atoms with Gasteiger partial charge < -0.3 is 0 Å². The molecule has 0 heterocycles. The summed E-state index contributed by atoms with van der Waals surface area (Å²) >= 11 is 0. The van der Waals surface area contributed by atoms with E-state index in [1.165, 1.54) is 75.3 Å². The molecule has 0 N–H and O–H groups in total. The molecular formula is C24H36. The Bertz CT molecular complexity index is 491. The Hall–Kier alpha value is -1.22. The second-order valence-electron chi connectivity index (χ2n) is 7.59. The lowest BCUT2D eigenvalue weighted by Crippen LogP contribution is -2.13. The van der Waals surface area contributed by atoms with Gasteiger partial charge in [-0.25, -0.2) is 0 Å². The van der Waals surface area contributed by atoms with Gasteiger partial charge in [-0.15, -0.1) is 0 Å². The zero-order chi connectivity index (χ0) is 17.0. The van der Waals surface area contributed by atoms with E-state index in [-0.39, 0.29) is 0 Å². The summed E-state index contributed by atoms with van der Waals surface area (Å²) in [4.78, 5) is 0. The van der Waals surface area contributed by atoms with E-state index in [1.807, 2.05) is 0 Å². The van der Waals surface area contributed by atoms with Gasteiger partial charge in [-0.2, -0.15) is 0 Å². The smallest absolute Gasteiger partial charge is 0.0245 e. The second-order valence-corrected chi connectivity index (χ2v) is 7.59. The summed E-state index contributed by atoms with van der Waals surface area (Å²) in [6.45, 7) is 4.48. The predicted octanol–water partition coefficient (Wildman–Crippen LogP) is 7.47. The molecule has 1 saturated carbocycles. The molecule has 0 aromatic heterocycles. The standard InChI is InChI=1S/C24H36/c1-3-5-7-8-10-12-22-15-19-24(20-16-22)23-17-13-21(14-18-23)11-9-6-4-2/h13-14,17-18,22,24H,3-8,10,12,15-16,19-20H2,1-2H3/t22-,24-. The fourth-order valence-corrected chi connectivity index (χ4v) is 3.95. The van der Waals surface area contributed by atoms with Crippen LogP contribution in [-0.2, 0) is 0 Å². The van der Waals surface area contributed by atoms with Gasteiger partial charge in [0.25, 0.3) is 0 Å². The predicted molar refractivity (Wildman–Crippen MR) is 106 cm³/mol. The van der Waals surface area contributed by atoms with E-state index in [2.05, 4.69) is 50.0 Å². The molecule has 0 saturated heterocycles. The van der Waals surface area contributed by atoms with Gasteiger partial charge in [0.05, 0.1) is 0 Å². The third-order valence-electron chi connectivity index (χ3n) is 5.55. The van der Waals surface area contributed by atoms with Crippen molar-refractivity contribution in [2.45, 2.75) is 96.8 Å². The third kappa shape index (κ3) is 6.72. The topological polar surface area (TPSA) is 0 Å². The van der Waals surface area contributed by atoms with Crippen LogP contribution in [0.3, 0.4) is 0 Å². The molecule has 0 amide bonds. The van der Waals surface area contributed by atoms with Crippen molar-refractivity contribution in [3.05, 3.63) is 35.4 Å². The van der Waals surface area contributed by atoms with Gasteiger partial charge in [0, 0.05) is 12.0 Å². The molecule has 0 spiro atoms. The SMILES string of the molecule is CCCC#Cc1ccc([C@H]2CC[C@H](CCCCCCC)CC2)cc1. The van der Waals surface area contributed by atoms with Crippen LogP contribution >= 0.6 is 0 Å². The molecule has 1 fully saturated rings. The Balaban J connectivity index is 1.71. The van der Waals surface area contributed by atoms with E-state index in [1.54, 1.807) is 0 Å². The van der Waals surface area contributed by atoms with Gasteiger partial charge in [0.15, 0.2) is 0 Å². The van der Waals surface area contributed by atoms with Gasteiger partial charge in [-0.05, 0) is 61.6 Å². The lowest BCUT2D eigenvalue weighted by Gasteiger charge is -2.29. The van der Waals surface area contributed by atoms with Gasteiger partial charge in [0.1, 0.15) is 0 Å². The van der Waals surface area contributed by atoms with Crippen LogP contribution in [0.15, 0.2) is 24.3 Å². The van der Waals surface area contributed by atoms with Gasteiger partial charge in [-0.3, -0.25) is 0 Å². The largest absolute Gasteiger partial charge is 0.0979 e. The molecule has 0 atom stereocenters. The van der Waals surface area contributed by atoms with Crippen LogP contribution in [0.4, 0.5) is 0 Å². The van der Waals surface area contributed by atoms with Crippen LogP contribution in [0.25, 0.3) is 0 Å². The first-order chi connectivity index (χ1) is 11.8. The number of benzene rings is 1. The molecule has 0 unspecified atom stereocenters. The second kappa shape index (κ2) is 11.4. The summed E-state index contributed by atoms with van der Waals surface area (Å²) in [5.41, 5.74) is 2.71. The minimum Gasteiger partial charge on any atom is -0.0979 e. The van der Waals surface area contributed by atoms with Crippen molar-refractivity contribution in [3.63, 3.8) is 0 Å². The highest BCUT2D eigenvalue weighted by Crippen LogP contribution is 2.37.